The lowest BCUT2D eigenvalue weighted by Crippen LogP contribution is -2.49. The van der Waals surface area contributed by atoms with E-state index in [2.05, 4.69) is 6.07 Å². The number of amides is 1. The fraction of sp³-hybridized carbons (Fsp3) is 0.300. The van der Waals surface area contributed by atoms with Crippen molar-refractivity contribution in [2.75, 3.05) is 33.3 Å². The number of carbonyl (C=O) groups is 1. The summed E-state index contributed by atoms with van der Waals surface area (Å²) in [5.74, 6) is -0.111. The maximum Gasteiger partial charge on any atom is 0.256 e. The smallest absolute Gasteiger partial charge is 0.256 e. The van der Waals surface area contributed by atoms with Gasteiger partial charge in [0.1, 0.15) is 17.6 Å². The van der Waals surface area contributed by atoms with E-state index in [4.69, 9.17) is 4.74 Å². The molecule has 0 radical (unpaired) electrons. The van der Waals surface area contributed by atoms with Gasteiger partial charge in [0.25, 0.3) is 5.91 Å². The second-order valence-corrected chi connectivity index (χ2v) is 6.12. The Morgan fingerprint density at radius 3 is 2.54 bits per heavy atom. The Morgan fingerprint density at radius 1 is 1.15 bits per heavy atom. The molecule has 0 aliphatic carbocycles. The molecule has 0 spiro atoms. The lowest BCUT2D eigenvalue weighted by molar-refractivity contribution is 0.0602. The summed E-state index contributed by atoms with van der Waals surface area (Å²) in [4.78, 5) is 16.2. The first-order chi connectivity index (χ1) is 12.6. The predicted molar refractivity (Wildman–Crippen MR) is 95.2 cm³/mol. The number of rotatable bonds is 4. The Hall–Kier alpha value is -2.91. The standard InChI is InChI=1S/C20H20FN3O2/c1-26-16-6-4-5-15(13-16)19(14-22)23-9-11-24(12-10-23)20(25)17-7-2-3-8-18(17)21/h2-8,13,19H,9-12H2,1H3. The molecule has 26 heavy (non-hydrogen) atoms. The number of nitrogens with zero attached hydrogens (tertiary/aromatic N) is 3. The molecule has 0 aromatic heterocycles. The largest absolute Gasteiger partial charge is 0.497 e. The molecule has 0 saturated carbocycles. The van der Waals surface area contributed by atoms with Gasteiger partial charge in [0, 0.05) is 26.2 Å². The predicted octanol–water partition coefficient (Wildman–Crippen LogP) is 2.86. The number of halogens is 1. The topological polar surface area (TPSA) is 56.6 Å². The van der Waals surface area contributed by atoms with E-state index in [-0.39, 0.29) is 11.5 Å². The highest BCUT2D eigenvalue weighted by Gasteiger charge is 2.28. The molecule has 1 fully saturated rings. The monoisotopic (exact) mass is 353 g/mol. The Labute approximate surface area is 152 Å². The van der Waals surface area contributed by atoms with E-state index in [0.29, 0.717) is 31.9 Å². The molecule has 1 amide bonds. The van der Waals surface area contributed by atoms with E-state index >= 15 is 0 Å². The molecule has 6 heteroatoms. The highest BCUT2D eigenvalue weighted by atomic mass is 19.1. The van der Waals surface area contributed by atoms with E-state index in [0.717, 1.165) is 5.56 Å². The molecule has 1 aliphatic heterocycles. The van der Waals surface area contributed by atoms with Gasteiger partial charge in [-0.2, -0.15) is 5.26 Å². The van der Waals surface area contributed by atoms with Crippen LogP contribution in [0, 0.1) is 17.1 Å². The number of hydrogen-bond acceptors (Lipinski definition) is 4. The van der Waals surface area contributed by atoms with E-state index in [9.17, 15) is 14.4 Å². The number of ether oxygens (including phenoxy) is 1. The summed E-state index contributed by atoms with van der Waals surface area (Å²) >= 11 is 0. The van der Waals surface area contributed by atoms with Crippen LogP contribution in [-0.2, 0) is 0 Å². The van der Waals surface area contributed by atoms with Gasteiger partial charge in [-0.3, -0.25) is 9.69 Å². The number of nitriles is 1. The molecule has 3 rings (SSSR count). The van der Waals surface area contributed by atoms with Crippen LogP contribution in [0.5, 0.6) is 5.75 Å². The van der Waals surface area contributed by atoms with Gasteiger partial charge in [-0.15, -0.1) is 0 Å². The van der Waals surface area contributed by atoms with Crippen LogP contribution in [-0.4, -0.2) is 49.0 Å². The van der Waals surface area contributed by atoms with Crippen molar-refractivity contribution in [2.45, 2.75) is 6.04 Å². The Balaban J connectivity index is 1.68. The van der Waals surface area contributed by atoms with Crippen molar-refractivity contribution in [3.8, 4) is 11.8 Å². The Kier molecular flexibility index (Phi) is 5.49. The van der Waals surface area contributed by atoms with Crippen LogP contribution in [0.2, 0.25) is 0 Å². The fourth-order valence-electron chi connectivity index (χ4n) is 3.17. The molecule has 0 bridgehead atoms. The summed E-state index contributed by atoms with van der Waals surface area (Å²) in [5, 5.41) is 9.62. The van der Waals surface area contributed by atoms with Crippen LogP contribution in [0.4, 0.5) is 4.39 Å². The highest BCUT2D eigenvalue weighted by molar-refractivity contribution is 5.94. The summed E-state index contributed by atoms with van der Waals surface area (Å²) in [6, 6.07) is 15.4. The van der Waals surface area contributed by atoms with Crippen molar-refractivity contribution in [3.63, 3.8) is 0 Å². The van der Waals surface area contributed by atoms with Gasteiger partial charge in [-0.25, -0.2) is 4.39 Å². The number of piperazine rings is 1. The van der Waals surface area contributed by atoms with Crippen molar-refractivity contribution in [1.82, 2.24) is 9.80 Å². The van der Waals surface area contributed by atoms with Crippen molar-refractivity contribution < 1.29 is 13.9 Å². The van der Waals surface area contributed by atoms with Gasteiger partial charge >= 0.3 is 0 Å². The minimum atomic E-state index is -0.508. The maximum atomic E-state index is 13.8. The number of carbonyl (C=O) groups excluding carboxylic acids is 1. The van der Waals surface area contributed by atoms with Crippen LogP contribution < -0.4 is 4.74 Å². The molecule has 134 valence electrons. The first-order valence-electron chi connectivity index (χ1n) is 8.45. The van der Waals surface area contributed by atoms with Crippen molar-refractivity contribution >= 4 is 5.91 Å². The lowest BCUT2D eigenvalue weighted by atomic mass is 10.0. The molecule has 2 aromatic carbocycles. The quantitative estimate of drug-likeness (QED) is 0.848. The summed E-state index contributed by atoms with van der Waals surface area (Å²) in [6.07, 6.45) is 0. The van der Waals surface area contributed by atoms with Crippen molar-refractivity contribution in [3.05, 3.63) is 65.5 Å². The molecule has 1 atom stereocenters. The van der Waals surface area contributed by atoms with Crippen LogP contribution in [0.25, 0.3) is 0 Å². The van der Waals surface area contributed by atoms with Gasteiger partial charge in [0.05, 0.1) is 18.7 Å². The first-order valence-corrected chi connectivity index (χ1v) is 8.45. The summed E-state index contributed by atoms with van der Waals surface area (Å²) in [7, 11) is 1.59. The first kappa shape index (κ1) is 17.9. The van der Waals surface area contributed by atoms with Crippen LogP contribution >= 0.6 is 0 Å². The third-order valence-electron chi connectivity index (χ3n) is 4.60. The molecular weight excluding hydrogens is 333 g/mol. The lowest BCUT2D eigenvalue weighted by Gasteiger charge is -2.37. The SMILES string of the molecule is COc1cccc(C(C#N)N2CCN(C(=O)c3ccccc3F)CC2)c1. The van der Waals surface area contributed by atoms with Gasteiger partial charge in [0.15, 0.2) is 0 Å². The molecule has 1 heterocycles. The zero-order chi connectivity index (χ0) is 18.5. The van der Waals surface area contributed by atoms with Gasteiger partial charge < -0.3 is 9.64 Å². The normalized spacial score (nSPS) is 16.0. The summed E-state index contributed by atoms with van der Waals surface area (Å²) < 4.78 is 19.1. The minimum Gasteiger partial charge on any atom is -0.497 e. The van der Waals surface area contributed by atoms with E-state index in [1.54, 1.807) is 24.1 Å². The molecule has 1 aliphatic rings. The maximum absolute atomic E-state index is 13.8. The van der Waals surface area contributed by atoms with Gasteiger partial charge in [-0.05, 0) is 29.8 Å². The Bertz CT molecular complexity index is 826. The highest BCUT2D eigenvalue weighted by Crippen LogP contribution is 2.25. The molecule has 5 nitrogen and oxygen atoms in total. The molecule has 1 unspecified atom stereocenters. The van der Waals surface area contributed by atoms with E-state index in [1.165, 1.54) is 12.1 Å². The van der Waals surface area contributed by atoms with Crippen LogP contribution in [0.1, 0.15) is 22.0 Å². The zero-order valence-electron chi connectivity index (χ0n) is 14.6. The average molecular weight is 353 g/mol. The third-order valence-corrected chi connectivity index (χ3v) is 4.60. The number of benzene rings is 2. The van der Waals surface area contributed by atoms with Crippen LogP contribution in [0.3, 0.4) is 0 Å². The third kappa shape index (κ3) is 3.68. The fourth-order valence-corrected chi connectivity index (χ4v) is 3.17. The van der Waals surface area contributed by atoms with E-state index in [1.807, 2.05) is 29.2 Å². The summed E-state index contributed by atoms with van der Waals surface area (Å²) in [6.45, 7) is 2.01. The number of methoxy groups -OCH3 is 1. The zero-order valence-corrected chi connectivity index (χ0v) is 14.6. The van der Waals surface area contributed by atoms with E-state index < -0.39 is 11.9 Å². The van der Waals surface area contributed by atoms with Crippen molar-refractivity contribution in [2.24, 2.45) is 0 Å². The molecule has 0 N–H and O–H groups in total. The molecule has 1 saturated heterocycles. The van der Waals surface area contributed by atoms with Crippen LogP contribution in [0.15, 0.2) is 48.5 Å². The minimum absolute atomic E-state index is 0.0885. The number of hydrogen-bond donors (Lipinski definition) is 0. The molecule has 2 aromatic rings. The Morgan fingerprint density at radius 2 is 1.88 bits per heavy atom. The van der Waals surface area contributed by atoms with Gasteiger partial charge in [-0.1, -0.05) is 24.3 Å². The second-order valence-electron chi connectivity index (χ2n) is 6.12. The summed E-state index contributed by atoms with van der Waals surface area (Å²) in [5.41, 5.74) is 0.950. The second kappa shape index (κ2) is 7.98. The average Bonchev–Trinajstić information content (AvgIpc) is 2.69. The van der Waals surface area contributed by atoms with Gasteiger partial charge in [0.2, 0.25) is 0 Å². The molecular formula is C20H20FN3O2. The van der Waals surface area contributed by atoms with Crippen molar-refractivity contribution in [1.29, 1.82) is 5.26 Å².